The molecule has 60 valence electrons. The van der Waals surface area contributed by atoms with E-state index in [9.17, 15) is 5.21 Å². The average Bonchev–Trinajstić information content (AvgIpc) is 2.07. The molecule has 0 amide bonds. The minimum Gasteiger partial charge on any atom is -0.618 e. The number of hydrogen-bond donors (Lipinski definition) is 0. The summed E-state index contributed by atoms with van der Waals surface area (Å²) in [6, 6.07) is 5.04. The smallest absolute Gasteiger partial charge is 0.228 e. The molecule has 0 fully saturated rings. The van der Waals surface area contributed by atoms with Crippen molar-refractivity contribution in [3.63, 3.8) is 0 Å². The van der Waals surface area contributed by atoms with E-state index in [-0.39, 0.29) is 0 Å². The van der Waals surface area contributed by atoms with Crippen molar-refractivity contribution in [1.82, 2.24) is 4.98 Å². The molecule has 0 saturated heterocycles. The van der Waals surface area contributed by atoms with Crippen LogP contribution in [0.5, 0.6) is 0 Å². The van der Waals surface area contributed by atoms with Crippen molar-refractivity contribution in [2.75, 3.05) is 0 Å². The zero-order chi connectivity index (χ0) is 8.55. The highest BCUT2D eigenvalue weighted by molar-refractivity contribution is 6.33. The summed E-state index contributed by atoms with van der Waals surface area (Å²) in [4.78, 5) is 3.86. The maximum absolute atomic E-state index is 11.2. The predicted octanol–water partition coefficient (Wildman–Crippen LogP) is 1.52. The molecule has 0 atom stereocenters. The Labute approximate surface area is 73.8 Å². The largest absolute Gasteiger partial charge is 0.618 e. The van der Waals surface area contributed by atoms with Crippen molar-refractivity contribution >= 4 is 22.5 Å². The molecule has 0 spiro atoms. The maximum Gasteiger partial charge on any atom is 0.228 e. The topological polar surface area (TPSA) is 39.8 Å². The lowest BCUT2D eigenvalue weighted by Crippen LogP contribution is -2.25. The number of rotatable bonds is 0. The summed E-state index contributed by atoms with van der Waals surface area (Å²) in [5.74, 6) is 0. The number of halogens is 1. The molecule has 12 heavy (non-hydrogen) atoms. The van der Waals surface area contributed by atoms with E-state index in [1.54, 1.807) is 18.2 Å². The van der Waals surface area contributed by atoms with Crippen LogP contribution in [0.2, 0.25) is 5.15 Å². The van der Waals surface area contributed by atoms with Crippen molar-refractivity contribution in [3.8, 4) is 0 Å². The molecule has 0 radical (unpaired) electrons. The highest BCUT2D eigenvalue weighted by Gasteiger charge is 2.05. The number of aromatic nitrogens is 2. The normalized spacial score (nSPS) is 10.4. The van der Waals surface area contributed by atoms with Gasteiger partial charge in [0.2, 0.25) is 5.52 Å². The van der Waals surface area contributed by atoms with E-state index in [0.29, 0.717) is 16.1 Å². The Morgan fingerprint density at radius 1 is 1.42 bits per heavy atom. The molecule has 4 heteroatoms. The first-order valence-electron chi connectivity index (χ1n) is 3.41. The van der Waals surface area contributed by atoms with Crippen molar-refractivity contribution in [3.05, 3.63) is 41.0 Å². The zero-order valence-electron chi connectivity index (χ0n) is 6.07. The minimum atomic E-state index is 0.359. The maximum atomic E-state index is 11.2. The summed E-state index contributed by atoms with van der Waals surface area (Å²) in [7, 11) is 0. The number of hydrogen-bond acceptors (Lipinski definition) is 2. The molecule has 0 aliphatic heterocycles. The van der Waals surface area contributed by atoms with Gasteiger partial charge in [0.15, 0.2) is 6.20 Å². The molecular formula is C8H5ClN2O. The summed E-state index contributed by atoms with van der Waals surface area (Å²) in [5.41, 5.74) is 0.539. The third kappa shape index (κ3) is 0.987. The van der Waals surface area contributed by atoms with Gasteiger partial charge in [0, 0.05) is 18.3 Å². The zero-order valence-corrected chi connectivity index (χ0v) is 6.82. The molecule has 2 heterocycles. The van der Waals surface area contributed by atoms with Crippen LogP contribution < -0.4 is 4.73 Å². The minimum absolute atomic E-state index is 0.359. The third-order valence-electron chi connectivity index (χ3n) is 1.64. The van der Waals surface area contributed by atoms with E-state index in [4.69, 9.17) is 11.6 Å². The van der Waals surface area contributed by atoms with Gasteiger partial charge in [-0.25, -0.2) is 4.98 Å². The van der Waals surface area contributed by atoms with Gasteiger partial charge in [0.25, 0.3) is 0 Å². The quantitative estimate of drug-likeness (QED) is 0.350. The van der Waals surface area contributed by atoms with E-state index >= 15 is 0 Å². The van der Waals surface area contributed by atoms with Crippen LogP contribution in [0.3, 0.4) is 0 Å². The van der Waals surface area contributed by atoms with Crippen LogP contribution in [0, 0.1) is 5.21 Å². The van der Waals surface area contributed by atoms with Crippen LogP contribution in [0.15, 0.2) is 30.6 Å². The predicted molar refractivity (Wildman–Crippen MR) is 45.7 cm³/mol. The van der Waals surface area contributed by atoms with Crippen LogP contribution in [-0.4, -0.2) is 4.98 Å². The van der Waals surface area contributed by atoms with E-state index in [1.165, 1.54) is 12.4 Å². The summed E-state index contributed by atoms with van der Waals surface area (Å²) in [6.07, 6.45) is 2.94. The van der Waals surface area contributed by atoms with Crippen molar-refractivity contribution in [2.24, 2.45) is 0 Å². The Balaban J connectivity index is 2.94. The Bertz CT molecular complexity index is 389. The van der Waals surface area contributed by atoms with Gasteiger partial charge in [0.1, 0.15) is 5.15 Å². The number of nitrogens with zero attached hydrogens (tertiary/aromatic N) is 2. The number of pyridine rings is 2. The van der Waals surface area contributed by atoms with E-state index in [2.05, 4.69) is 4.98 Å². The molecule has 0 aromatic carbocycles. The second kappa shape index (κ2) is 2.60. The average molecular weight is 181 g/mol. The molecule has 0 aliphatic carbocycles. The third-order valence-corrected chi connectivity index (χ3v) is 1.94. The van der Waals surface area contributed by atoms with Crippen molar-refractivity contribution in [1.29, 1.82) is 0 Å². The van der Waals surface area contributed by atoms with E-state index in [0.717, 1.165) is 4.73 Å². The highest BCUT2D eigenvalue weighted by Crippen LogP contribution is 2.16. The van der Waals surface area contributed by atoms with E-state index < -0.39 is 0 Å². The van der Waals surface area contributed by atoms with Crippen LogP contribution in [0.25, 0.3) is 10.9 Å². The van der Waals surface area contributed by atoms with Gasteiger partial charge in [-0.2, -0.15) is 4.73 Å². The Morgan fingerprint density at radius 3 is 3.00 bits per heavy atom. The molecule has 3 nitrogen and oxygen atoms in total. The second-order valence-corrected chi connectivity index (χ2v) is 2.73. The molecule has 0 saturated carbocycles. The van der Waals surface area contributed by atoms with Crippen LogP contribution in [0.4, 0.5) is 0 Å². The van der Waals surface area contributed by atoms with Crippen LogP contribution >= 0.6 is 11.6 Å². The molecule has 2 aromatic heterocycles. The summed E-state index contributed by atoms with van der Waals surface area (Å²) >= 11 is 5.77. The SMILES string of the molecule is [O-][n+]1cccc2c(Cl)nccc21. The van der Waals surface area contributed by atoms with Crippen molar-refractivity contribution in [2.45, 2.75) is 0 Å². The lowest BCUT2D eigenvalue weighted by molar-refractivity contribution is -0.577. The molecular weight excluding hydrogens is 176 g/mol. The first kappa shape index (κ1) is 7.31. The number of fused-ring (bicyclic) bond motifs is 1. The Kier molecular flexibility index (Phi) is 1.59. The Hall–Kier alpha value is -1.35. The molecule has 2 rings (SSSR count). The molecule has 0 bridgehead atoms. The monoisotopic (exact) mass is 180 g/mol. The van der Waals surface area contributed by atoms with Crippen molar-refractivity contribution < 1.29 is 4.73 Å². The van der Waals surface area contributed by atoms with Gasteiger partial charge < -0.3 is 5.21 Å². The highest BCUT2D eigenvalue weighted by atomic mass is 35.5. The lowest BCUT2D eigenvalue weighted by Gasteiger charge is -2.00. The fraction of sp³-hybridized carbons (Fsp3) is 0. The standard InChI is InChI=1S/C8H5ClN2O/c9-8-6-2-1-5-11(12)7(6)3-4-10-8/h1-5H. The molecule has 0 N–H and O–H groups in total. The fourth-order valence-corrected chi connectivity index (χ4v) is 1.30. The van der Waals surface area contributed by atoms with Crippen LogP contribution in [-0.2, 0) is 0 Å². The van der Waals surface area contributed by atoms with Gasteiger partial charge in [-0.3, -0.25) is 0 Å². The first-order valence-corrected chi connectivity index (χ1v) is 3.79. The van der Waals surface area contributed by atoms with E-state index in [1.807, 2.05) is 0 Å². The molecule has 0 aliphatic rings. The summed E-state index contributed by atoms with van der Waals surface area (Å²) < 4.78 is 0.767. The van der Waals surface area contributed by atoms with Gasteiger partial charge in [-0.05, 0) is 6.07 Å². The Morgan fingerprint density at radius 2 is 2.25 bits per heavy atom. The van der Waals surface area contributed by atoms with Gasteiger partial charge in [-0.1, -0.05) is 11.6 Å². The van der Waals surface area contributed by atoms with Gasteiger partial charge >= 0.3 is 0 Å². The lowest BCUT2D eigenvalue weighted by atomic mass is 10.3. The first-order chi connectivity index (χ1) is 5.79. The molecule has 0 unspecified atom stereocenters. The van der Waals surface area contributed by atoms with Crippen LogP contribution in [0.1, 0.15) is 0 Å². The summed E-state index contributed by atoms with van der Waals surface area (Å²) in [5, 5.41) is 12.2. The van der Waals surface area contributed by atoms with Gasteiger partial charge in [-0.15, -0.1) is 0 Å². The summed E-state index contributed by atoms with van der Waals surface area (Å²) in [6.45, 7) is 0. The molecule has 2 aromatic rings. The second-order valence-electron chi connectivity index (χ2n) is 2.37. The van der Waals surface area contributed by atoms with Gasteiger partial charge in [0.05, 0.1) is 5.39 Å². The fourth-order valence-electron chi connectivity index (χ4n) is 1.08.